The first-order chi connectivity index (χ1) is 5.70. The third-order valence-corrected chi connectivity index (χ3v) is 1.51. The average molecular weight is 168 g/mol. The molecule has 0 spiro atoms. The topological polar surface area (TPSA) is 94.6 Å². The first-order valence-electron chi connectivity index (χ1n) is 3.53. The van der Waals surface area contributed by atoms with Crippen molar-refractivity contribution in [3.8, 4) is 0 Å². The van der Waals surface area contributed by atoms with Crippen LogP contribution in [0, 0.1) is 6.92 Å². The van der Waals surface area contributed by atoms with Crippen molar-refractivity contribution in [1.29, 1.82) is 0 Å². The molecule has 0 aromatic carbocycles. The summed E-state index contributed by atoms with van der Waals surface area (Å²) < 4.78 is 1.49. The number of hydrogen-bond donors (Lipinski definition) is 2. The van der Waals surface area contributed by atoms with E-state index in [1.54, 1.807) is 7.05 Å². The van der Waals surface area contributed by atoms with Crippen LogP contribution in [0.25, 0.3) is 0 Å². The molecule has 0 fully saturated rings. The molecular weight excluding hydrogens is 156 g/mol. The molecule has 12 heavy (non-hydrogen) atoms. The quantitative estimate of drug-likeness (QED) is 0.626. The standard InChI is InChI=1S/C6H12N6/c1-4-5(10-9-2)6(8)12(3-7)11-4/h3,7-8H2,1-2H3. The van der Waals surface area contributed by atoms with Gasteiger partial charge in [0, 0.05) is 7.05 Å². The lowest BCUT2D eigenvalue weighted by Crippen LogP contribution is -2.11. The molecule has 66 valence electrons. The van der Waals surface area contributed by atoms with Gasteiger partial charge in [-0.05, 0) is 6.92 Å². The number of azo groups is 1. The molecule has 1 aromatic rings. The molecule has 6 nitrogen and oxygen atoms in total. The Balaban J connectivity index is 3.18. The van der Waals surface area contributed by atoms with Gasteiger partial charge in [0.1, 0.15) is 5.69 Å². The van der Waals surface area contributed by atoms with E-state index in [1.165, 1.54) is 4.68 Å². The summed E-state index contributed by atoms with van der Waals surface area (Å²) in [6, 6.07) is 0. The molecule has 0 aliphatic carbocycles. The lowest BCUT2D eigenvalue weighted by molar-refractivity contribution is 0.642. The van der Waals surface area contributed by atoms with Gasteiger partial charge in [0.05, 0.1) is 12.4 Å². The number of aryl methyl sites for hydroxylation is 1. The fourth-order valence-corrected chi connectivity index (χ4v) is 0.953. The predicted octanol–water partition coefficient (Wildman–Crippen LogP) is 0.403. The zero-order valence-corrected chi connectivity index (χ0v) is 7.15. The predicted molar refractivity (Wildman–Crippen MR) is 46.0 cm³/mol. The summed E-state index contributed by atoms with van der Waals surface area (Å²) in [6.45, 7) is 2.07. The Kier molecular flexibility index (Phi) is 2.39. The summed E-state index contributed by atoms with van der Waals surface area (Å²) in [4.78, 5) is 0. The molecule has 0 saturated heterocycles. The van der Waals surface area contributed by atoms with Crippen molar-refractivity contribution in [2.75, 3.05) is 12.8 Å². The van der Waals surface area contributed by atoms with Crippen LogP contribution < -0.4 is 11.5 Å². The van der Waals surface area contributed by atoms with E-state index in [1.807, 2.05) is 6.92 Å². The number of nitrogen functional groups attached to an aromatic ring is 1. The summed E-state index contributed by atoms with van der Waals surface area (Å²) in [5.74, 6) is 0.459. The average Bonchev–Trinajstić information content (AvgIpc) is 2.32. The van der Waals surface area contributed by atoms with E-state index in [0.29, 0.717) is 11.5 Å². The van der Waals surface area contributed by atoms with Gasteiger partial charge in [-0.1, -0.05) is 0 Å². The Hall–Kier alpha value is -1.43. The van der Waals surface area contributed by atoms with Crippen LogP contribution in [0.3, 0.4) is 0 Å². The van der Waals surface area contributed by atoms with Gasteiger partial charge in [-0.3, -0.25) is 0 Å². The molecule has 1 rings (SSSR count). The normalized spacial score (nSPS) is 11.2. The molecule has 0 aliphatic rings. The monoisotopic (exact) mass is 168 g/mol. The fraction of sp³-hybridized carbons (Fsp3) is 0.500. The highest BCUT2D eigenvalue weighted by Gasteiger charge is 2.09. The lowest BCUT2D eigenvalue weighted by atomic mass is 10.4. The van der Waals surface area contributed by atoms with Gasteiger partial charge < -0.3 is 11.5 Å². The maximum atomic E-state index is 5.67. The smallest absolute Gasteiger partial charge is 0.151 e. The summed E-state index contributed by atoms with van der Waals surface area (Å²) in [7, 11) is 1.58. The van der Waals surface area contributed by atoms with Crippen LogP contribution in [0.2, 0.25) is 0 Å². The second-order valence-electron chi connectivity index (χ2n) is 2.30. The molecule has 1 heterocycles. The molecule has 0 saturated carbocycles. The molecule has 6 heteroatoms. The van der Waals surface area contributed by atoms with Crippen LogP contribution in [0.4, 0.5) is 11.5 Å². The van der Waals surface area contributed by atoms with Crippen molar-refractivity contribution in [3.05, 3.63) is 5.69 Å². The van der Waals surface area contributed by atoms with Crippen molar-refractivity contribution in [1.82, 2.24) is 9.78 Å². The first-order valence-corrected chi connectivity index (χ1v) is 3.53. The van der Waals surface area contributed by atoms with Crippen molar-refractivity contribution in [2.24, 2.45) is 16.0 Å². The third kappa shape index (κ3) is 1.28. The van der Waals surface area contributed by atoms with Gasteiger partial charge in [-0.25, -0.2) is 4.68 Å². The van der Waals surface area contributed by atoms with E-state index >= 15 is 0 Å². The van der Waals surface area contributed by atoms with Crippen LogP contribution in [0.5, 0.6) is 0 Å². The van der Waals surface area contributed by atoms with Gasteiger partial charge in [0.2, 0.25) is 0 Å². The van der Waals surface area contributed by atoms with Crippen LogP contribution in [-0.2, 0) is 6.67 Å². The van der Waals surface area contributed by atoms with E-state index in [4.69, 9.17) is 11.5 Å². The van der Waals surface area contributed by atoms with Gasteiger partial charge >= 0.3 is 0 Å². The highest BCUT2D eigenvalue weighted by atomic mass is 15.4. The van der Waals surface area contributed by atoms with Gasteiger partial charge in [-0.2, -0.15) is 15.3 Å². The van der Waals surface area contributed by atoms with Crippen molar-refractivity contribution in [3.63, 3.8) is 0 Å². The van der Waals surface area contributed by atoms with Crippen molar-refractivity contribution >= 4 is 11.5 Å². The van der Waals surface area contributed by atoms with Crippen molar-refractivity contribution < 1.29 is 0 Å². The summed E-state index contributed by atoms with van der Waals surface area (Å²) in [6.07, 6.45) is 0. The molecule has 4 N–H and O–H groups in total. The summed E-state index contributed by atoms with van der Waals surface area (Å²) in [5, 5.41) is 11.5. The van der Waals surface area contributed by atoms with E-state index in [-0.39, 0.29) is 6.67 Å². The maximum Gasteiger partial charge on any atom is 0.151 e. The number of rotatable bonds is 2. The highest BCUT2D eigenvalue weighted by molar-refractivity contribution is 5.60. The molecular formula is C6H12N6. The Bertz CT molecular complexity index is 299. The van der Waals surface area contributed by atoms with E-state index in [9.17, 15) is 0 Å². The van der Waals surface area contributed by atoms with Crippen molar-refractivity contribution in [2.45, 2.75) is 13.6 Å². The number of nitrogens with two attached hydrogens (primary N) is 2. The molecule has 0 atom stereocenters. The third-order valence-electron chi connectivity index (χ3n) is 1.51. The highest BCUT2D eigenvalue weighted by Crippen LogP contribution is 2.25. The Morgan fingerprint density at radius 2 is 2.25 bits per heavy atom. The molecule has 0 aliphatic heterocycles. The Morgan fingerprint density at radius 3 is 2.67 bits per heavy atom. The van der Waals surface area contributed by atoms with Crippen LogP contribution in [-0.4, -0.2) is 16.8 Å². The SMILES string of the molecule is CN=Nc1c(C)nn(CN)c1N. The fourth-order valence-electron chi connectivity index (χ4n) is 0.953. The van der Waals surface area contributed by atoms with Crippen LogP contribution in [0.1, 0.15) is 5.69 Å². The van der Waals surface area contributed by atoms with Gasteiger partial charge in [0.25, 0.3) is 0 Å². The summed E-state index contributed by atoms with van der Waals surface area (Å²) >= 11 is 0. The zero-order valence-electron chi connectivity index (χ0n) is 7.15. The summed E-state index contributed by atoms with van der Waals surface area (Å²) in [5.41, 5.74) is 12.4. The van der Waals surface area contributed by atoms with Crippen LogP contribution >= 0.6 is 0 Å². The van der Waals surface area contributed by atoms with Gasteiger partial charge in [-0.15, -0.1) is 0 Å². The largest absolute Gasteiger partial charge is 0.382 e. The zero-order chi connectivity index (χ0) is 9.14. The minimum absolute atomic E-state index is 0.256. The number of aromatic nitrogens is 2. The number of anilines is 1. The van der Waals surface area contributed by atoms with E-state index in [0.717, 1.165) is 5.69 Å². The van der Waals surface area contributed by atoms with E-state index < -0.39 is 0 Å². The number of hydrogen-bond acceptors (Lipinski definition) is 5. The Labute approximate surface area is 70.3 Å². The minimum Gasteiger partial charge on any atom is -0.382 e. The lowest BCUT2D eigenvalue weighted by Gasteiger charge is -1.96. The number of nitrogens with zero attached hydrogens (tertiary/aromatic N) is 4. The van der Waals surface area contributed by atoms with Gasteiger partial charge in [0.15, 0.2) is 5.82 Å². The molecule has 0 amide bonds. The maximum absolute atomic E-state index is 5.67. The molecule has 0 bridgehead atoms. The molecule has 0 radical (unpaired) electrons. The molecule has 1 aromatic heterocycles. The second kappa shape index (κ2) is 3.31. The molecule has 0 unspecified atom stereocenters. The Morgan fingerprint density at radius 1 is 1.58 bits per heavy atom. The first kappa shape index (κ1) is 8.66. The van der Waals surface area contributed by atoms with Crippen LogP contribution in [0.15, 0.2) is 10.2 Å². The minimum atomic E-state index is 0.256. The van der Waals surface area contributed by atoms with E-state index in [2.05, 4.69) is 15.3 Å². The second-order valence-corrected chi connectivity index (χ2v) is 2.30.